The van der Waals surface area contributed by atoms with Gasteiger partial charge in [-0.1, -0.05) is 68.4 Å². The highest BCUT2D eigenvalue weighted by Crippen LogP contribution is 2.38. The van der Waals surface area contributed by atoms with Gasteiger partial charge in [-0.15, -0.1) is 0 Å². The molecule has 3 amide bonds. The molecule has 7 nitrogen and oxygen atoms in total. The van der Waals surface area contributed by atoms with E-state index in [9.17, 15) is 14.4 Å². The van der Waals surface area contributed by atoms with Crippen molar-refractivity contribution in [2.45, 2.75) is 33.3 Å². The predicted molar refractivity (Wildman–Crippen MR) is 180 cm³/mol. The predicted octanol–water partition coefficient (Wildman–Crippen LogP) is 8.22. The number of rotatable bonds is 10. The molecule has 4 aromatic rings. The first-order chi connectivity index (χ1) is 20.7. The number of nitrogens with one attached hydrogen (secondary N) is 1. The number of nitrogens with zero attached hydrogens (tertiary/aromatic N) is 1. The standard InChI is InChI=1S/C34H31IN2O5S/c1-4-41-29-17-22(16-28(35)32(29)42-20-25-10-7-9-24-8-5-6-11-27(24)25)18-30-33(39)37(34(40)43-30)19-31(38)36-26-14-12-23(13-15-26)21(2)3/h5-18,21H,4,19-20H2,1-3H3,(H,36,38)/b30-18+. The van der Waals surface area contributed by atoms with Crippen molar-refractivity contribution in [1.82, 2.24) is 4.90 Å². The van der Waals surface area contributed by atoms with E-state index in [0.29, 0.717) is 41.9 Å². The van der Waals surface area contributed by atoms with Crippen LogP contribution in [0.3, 0.4) is 0 Å². The number of ether oxygens (including phenoxy) is 2. The zero-order chi connectivity index (χ0) is 30.5. The number of carbonyl (C=O) groups excluding carboxylic acids is 3. The van der Waals surface area contributed by atoms with Crippen LogP contribution >= 0.6 is 34.4 Å². The lowest BCUT2D eigenvalue weighted by molar-refractivity contribution is -0.127. The number of imide groups is 1. The molecule has 0 saturated carbocycles. The maximum atomic E-state index is 13.1. The molecule has 5 rings (SSSR count). The van der Waals surface area contributed by atoms with Crippen LogP contribution in [-0.4, -0.2) is 35.1 Å². The minimum Gasteiger partial charge on any atom is -0.490 e. The molecule has 0 aliphatic carbocycles. The van der Waals surface area contributed by atoms with Gasteiger partial charge in [-0.2, -0.15) is 0 Å². The second-order valence-corrected chi connectivity index (χ2v) is 12.4. The number of anilines is 1. The van der Waals surface area contributed by atoms with E-state index in [0.717, 1.165) is 42.1 Å². The van der Waals surface area contributed by atoms with Crippen LogP contribution in [0.4, 0.5) is 10.5 Å². The first-order valence-electron chi connectivity index (χ1n) is 13.9. The van der Waals surface area contributed by atoms with Gasteiger partial charge in [0, 0.05) is 5.69 Å². The molecular weight excluding hydrogens is 675 g/mol. The summed E-state index contributed by atoms with van der Waals surface area (Å²) < 4.78 is 13.0. The van der Waals surface area contributed by atoms with Gasteiger partial charge in [-0.3, -0.25) is 19.3 Å². The normalized spacial score (nSPS) is 14.2. The van der Waals surface area contributed by atoms with Gasteiger partial charge in [0.05, 0.1) is 15.1 Å². The molecule has 43 heavy (non-hydrogen) atoms. The number of amides is 3. The minimum absolute atomic E-state index is 0.238. The molecule has 0 atom stereocenters. The lowest BCUT2D eigenvalue weighted by Gasteiger charge is -2.16. The summed E-state index contributed by atoms with van der Waals surface area (Å²) in [6, 6.07) is 25.5. The van der Waals surface area contributed by atoms with Crippen LogP contribution in [0.1, 0.15) is 43.4 Å². The van der Waals surface area contributed by atoms with Crippen molar-refractivity contribution >= 4 is 73.9 Å². The van der Waals surface area contributed by atoms with Gasteiger partial charge in [-0.05, 0) is 105 Å². The van der Waals surface area contributed by atoms with Gasteiger partial charge in [0.15, 0.2) is 11.5 Å². The van der Waals surface area contributed by atoms with Gasteiger partial charge in [0.2, 0.25) is 5.91 Å². The SMILES string of the molecule is CCOc1cc(/C=C2/SC(=O)N(CC(=O)Nc3ccc(C(C)C)cc3)C2=O)cc(I)c1OCc1cccc2ccccc12. The summed E-state index contributed by atoms with van der Waals surface area (Å²) in [7, 11) is 0. The summed E-state index contributed by atoms with van der Waals surface area (Å²) in [5, 5.41) is 4.55. The summed E-state index contributed by atoms with van der Waals surface area (Å²) in [6.45, 7) is 6.50. The number of benzene rings is 4. The molecule has 1 fully saturated rings. The molecule has 1 saturated heterocycles. The number of hydrogen-bond acceptors (Lipinski definition) is 6. The number of fused-ring (bicyclic) bond motifs is 1. The van der Waals surface area contributed by atoms with Crippen molar-refractivity contribution in [2.75, 3.05) is 18.5 Å². The molecule has 0 spiro atoms. The van der Waals surface area contributed by atoms with E-state index in [-0.39, 0.29) is 11.4 Å². The molecule has 0 radical (unpaired) electrons. The lowest BCUT2D eigenvalue weighted by atomic mass is 10.0. The maximum absolute atomic E-state index is 13.1. The molecule has 0 aromatic heterocycles. The Balaban J connectivity index is 1.30. The fraction of sp³-hybridized carbons (Fsp3) is 0.206. The van der Waals surface area contributed by atoms with Gasteiger partial charge >= 0.3 is 0 Å². The van der Waals surface area contributed by atoms with Gasteiger partial charge in [-0.25, -0.2) is 0 Å². The number of thioether (sulfide) groups is 1. The zero-order valence-corrected chi connectivity index (χ0v) is 27.0. The Kier molecular flexibility index (Phi) is 9.72. The summed E-state index contributed by atoms with van der Waals surface area (Å²) >= 11 is 3.00. The average Bonchev–Trinajstić information content (AvgIpc) is 3.24. The molecule has 4 aromatic carbocycles. The lowest BCUT2D eigenvalue weighted by Crippen LogP contribution is -2.36. The van der Waals surface area contributed by atoms with Gasteiger partial charge in [0.1, 0.15) is 13.2 Å². The van der Waals surface area contributed by atoms with Crippen molar-refractivity contribution < 1.29 is 23.9 Å². The van der Waals surface area contributed by atoms with Crippen LogP contribution in [0.2, 0.25) is 0 Å². The summed E-state index contributed by atoms with van der Waals surface area (Å²) in [5.74, 6) is 0.575. The number of hydrogen-bond donors (Lipinski definition) is 1. The molecule has 1 N–H and O–H groups in total. The minimum atomic E-state index is -0.510. The summed E-state index contributed by atoms with van der Waals surface area (Å²) in [4.78, 5) is 39.7. The number of halogens is 1. The fourth-order valence-corrected chi connectivity index (χ4v) is 6.35. The van der Waals surface area contributed by atoms with Gasteiger partial charge < -0.3 is 14.8 Å². The second kappa shape index (κ2) is 13.6. The Morgan fingerprint density at radius 2 is 1.74 bits per heavy atom. The third-order valence-electron chi connectivity index (χ3n) is 6.92. The third kappa shape index (κ3) is 7.22. The van der Waals surface area contributed by atoms with Crippen molar-refractivity contribution in [3.63, 3.8) is 0 Å². The Morgan fingerprint density at radius 1 is 1.00 bits per heavy atom. The monoisotopic (exact) mass is 706 g/mol. The van der Waals surface area contributed by atoms with Crippen LogP contribution in [0.15, 0.2) is 83.8 Å². The topological polar surface area (TPSA) is 84.9 Å². The van der Waals surface area contributed by atoms with Crippen LogP contribution < -0.4 is 14.8 Å². The molecule has 1 heterocycles. The molecular formula is C34H31IN2O5S. The van der Waals surface area contributed by atoms with E-state index in [4.69, 9.17) is 9.47 Å². The first kappa shape index (κ1) is 30.6. The van der Waals surface area contributed by atoms with E-state index in [1.807, 2.05) is 61.5 Å². The van der Waals surface area contributed by atoms with E-state index >= 15 is 0 Å². The Labute approximate surface area is 268 Å². The molecule has 0 unspecified atom stereocenters. The van der Waals surface area contributed by atoms with Crippen LogP contribution in [0.5, 0.6) is 11.5 Å². The Bertz CT molecular complexity index is 1710. The molecule has 1 aliphatic heterocycles. The quantitative estimate of drug-likeness (QED) is 0.132. The average molecular weight is 707 g/mol. The largest absolute Gasteiger partial charge is 0.490 e. The summed E-state index contributed by atoms with van der Waals surface area (Å²) in [5.41, 5.74) is 3.51. The Hall–Kier alpha value is -3.83. The van der Waals surface area contributed by atoms with Crippen LogP contribution in [0, 0.1) is 3.57 Å². The third-order valence-corrected chi connectivity index (χ3v) is 8.63. The van der Waals surface area contributed by atoms with E-state index in [1.165, 1.54) is 0 Å². The highest BCUT2D eigenvalue weighted by Gasteiger charge is 2.36. The van der Waals surface area contributed by atoms with Crippen molar-refractivity contribution in [2.24, 2.45) is 0 Å². The second-order valence-electron chi connectivity index (χ2n) is 10.3. The van der Waals surface area contributed by atoms with Crippen molar-refractivity contribution in [3.8, 4) is 11.5 Å². The smallest absolute Gasteiger partial charge is 0.294 e. The molecule has 9 heteroatoms. The van der Waals surface area contributed by atoms with Crippen molar-refractivity contribution in [1.29, 1.82) is 0 Å². The fourth-order valence-electron chi connectivity index (χ4n) is 4.73. The van der Waals surface area contributed by atoms with Crippen molar-refractivity contribution in [3.05, 3.63) is 104 Å². The first-order valence-corrected chi connectivity index (χ1v) is 15.8. The molecule has 0 bridgehead atoms. The van der Waals surface area contributed by atoms with E-state index in [1.54, 1.807) is 12.1 Å². The number of carbonyl (C=O) groups is 3. The highest BCUT2D eigenvalue weighted by atomic mass is 127. The highest BCUT2D eigenvalue weighted by molar-refractivity contribution is 14.1. The Morgan fingerprint density at radius 3 is 2.49 bits per heavy atom. The van der Waals surface area contributed by atoms with Crippen LogP contribution in [0.25, 0.3) is 16.8 Å². The summed E-state index contributed by atoms with van der Waals surface area (Å²) in [6.07, 6.45) is 1.65. The maximum Gasteiger partial charge on any atom is 0.294 e. The van der Waals surface area contributed by atoms with E-state index < -0.39 is 17.1 Å². The molecule has 220 valence electrons. The zero-order valence-electron chi connectivity index (χ0n) is 24.1. The molecule has 1 aliphatic rings. The van der Waals surface area contributed by atoms with Gasteiger partial charge in [0.25, 0.3) is 11.1 Å². The van der Waals surface area contributed by atoms with E-state index in [2.05, 4.69) is 60.0 Å². The van der Waals surface area contributed by atoms with Crippen LogP contribution in [-0.2, 0) is 16.2 Å².